The number of aliphatic hydroxyl groups is 2. The Balaban J connectivity index is 1.93. The van der Waals surface area contributed by atoms with Gasteiger partial charge in [0.05, 0.1) is 26.9 Å². The number of allylic oxidation sites excluding steroid dienone is 1. The Morgan fingerprint density at radius 1 is 1.10 bits per heavy atom. The molecule has 3 aromatic rings. The van der Waals surface area contributed by atoms with Gasteiger partial charge in [-0.2, -0.15) is 0 Å². The molecule has 0 amide bonds. The molecule has 2 aromatic carbocycles. The second-order valence-electron chi connectivity index (χ2n) is 7.17. The Hall–Kier alpha value is -2.93. The number of rotatable bonds is 10. The highest BCUT2D eigenvalue weighted by Gasteiger charge is 2.15. The van der Waals surface area contributed by atoms with Crippen LogP contribution in [0.3, 0.4) is 0 Å². The minimum Gasteiger partial charge on any atom is -0.496 e. The number of thiophene rings is 1. The smallest absolute Gasteiger partial charge is 0.185 e. The third kappa shape index (κ3) is 5.82. The monoisotopic (exact) mass is 438 g/mol. The van der Waals surface area contributed by atoms with E-state index in [0.29, 0.717) is 17.1 Å². The van der Waals surface area contributed by atoms with Crippen molar-refractivity contribution in [1.82, 2.24) is 0 Å². The van der Waals surface area contributed by atoms with Crippen LogP contribution in [-0.4, -0.2) is 42.9 Å². The molecule has 0 aliphatic carbocycles. The lowest BCUT2D eigenvalue weighted by Crippen LogP contribution is -2.20. The summed E-state index contributed by atoms with van der Waals surface area (Å²) in [5.41, 5.74) is 3.33. The third-order valence-electron chi connectivity index (χ3n) is 4.86. The van der Waals surface area contributed by atoms with E-state index in [9.17, 15) is 15.0 Å². The number of hydrogen-bond donors (Lipinski definition) is 2. The predicted octanol–water partition coefficient (Wildman–Crippen LogP) is 4.61. The fourth-order valence-corrected chi connectivity index (χ4v) is 3.73. The Morgan fingerprint density at radius 3 is 2.45 bits per heavy atom. The Bertz CT molecular complexity index is 1020. The number of benzene rings is 2. The number of aliphatic hydroxyl groups excluding tert-OH is 2. The van der Waals surface area contributed by atoms with Gasteiger partial charge >= 0.3 is 0 Å². The first-order chi connectivity index (χ1) is 15.0. The summed E-state index contributed by atoms with van der Waals surface area (Å²) in [4.78, 5) is 13.6. The van der Waals surface area contributed by atoms with Gasteiger partial charge in [0.1, 0.15) is 11.5 Å². The van der Waals surface area contributed by atoms with Crippen LogP contribution in [0.5, 0.6) is 11.5 Å². The van der Waals surface area contributed by atoms with Crippen LogP contribution in [0, 0.1) is 12.8 Å². The molecule has 0 aliphatic heterocycles. The Morgan fingerprint density at radius 2 is 1.84 bits per heavy atom. The van der Waals surface area contributed by atoms with E-state index in [1.807, 2.05) is 54.8 Å². The van der Waals surface area contributed by atoms with Crippen molar-refractivity contribution in [3.63, 3.8) is 0 Å². The molecule has 0 radical (unpaired) electrons. The molecular formula is C25H26O5S. The molecule has 1 heterocycles. The van der Waals surface area contributed by atoms with Gasteiger partial charge in [0.25, 0.3) is 0 Å². The average molecular weight is 439 g/mol. The summed E-state index contributed by atoms with van der Waals surface area (Å²) in [5.74, 6) is 0.698. The molecule has 0 fully saturated rings. The van der Waals surface area contributed by atoms with E-state index in [-0.39, 0.29) is 31.5 Å². The Kier molecular flexibility index (Phi) is 8.00. The number of hydrogen-bond acceptors (Lipinski definition) is 6. The maximum atomic E-state index is 12.6. The van der Waals surface area contributed by atoms with Crippen molar-refractivity contribution in [2.45, 2.75) is 6.92 Å². The quantitative estimate of drug-likeness (QED) is 0.357. The summed E-state index contributed by atoms with van der Waals surface area (Å²) < 4.78 is 11.5. The van der Waals surface area contributed by atoms with Gasteiger partial charge in [0.15, 0.2) is 5.78 Å². The highest BCUT2D eigenvalue weighted by atomic mass is 32.1. The number of carbonyl (C=O) groups is 1. The topological polar surface area (TPSA) is 76.0 Å². The zero-order valence-electron chi connectivity index (χ0n) is 17.6. The van der Waals surface area contributed by atoms with Gasteiger partial charge in [-0.3, -0.25) is 4.79 Å². The number of ether oxygens (including phenoxy) is 2. The van der Waals surface area contributed by atoms with Crippen LogP contribution < -0.4 is 9.47 Å². The number of aryl methyl sites for hydroxylation is 1. The van der Waals surface area contributed by atoms with Gasteiger partial charge in [-0.25, -0.2) is 0 Å². The molecule has 162 valence electrons. The highest BCUT2D eigenvalue weighted by Crippen LogP contribution is 2.39. The van der Waals surface area contributed by atoms with Crippen LogP contribution in [0.1, 0.15) is 21.5 Å². The molecule has 1 aromatic heterocycles. The largest absolute Gasteiger partial charge is 0.496 e. The molecule has 0 atom stereocenters. The number of carbonyl (C=O) groups excluding carboxylic acids is 1. The molecule has 6 heteroatoms. The lowest BCUT2D eigenvalue weighted by atomic mass is 10.0. The maximum Gasteiger partial charge on any atom is 0.185 e. The lowest BCUT2D eigenvalue weighted by Gasteiger charge is -2.17. The minimum atomic E-state index is -0.367. The molecule has 0 aliphatic rings. The molecule has 0 saturated carbocycles. The molecule has 31 heavy (non-hydrogen) atoms. The standard InChI is InChI=1S/C25H26O5S/c1-17-5-7-19(8-6-17)22(28)10-9-20-12-21(25-4-3-11-31-25)24(13-23(20)29-2)30-16-18(14-26)15-27/h3-13,18,26-27H,14-16H2,1-2H3/b10-9+. The van der Waals surface area contributed by atoms with Crippen molar-refractivity contribution in [2.75, 3.05) is 26.9 Å². The summed E-state index contributed by atoms with van der Waals surface area (Å²) in [6.45, 7) is 1.83. The first kappa shape index (κ1) is 22.7. The molecule has 0 spiro atoms. The summed E-state index contributed by atoms with van der Waals surface area (Å²) in [6.07, 6.45) is 3.28. The Labute approximate surface area is 186 Å². The minimum absolute atomic E-state index is 0.0891. The van der Waals surface area contributed by atoms with Crippen LogP contribution >= 0.6 is 11.3 Å². The maximum absolute atomic E-state index is 12.6. The second kappa shape index (κ2) is 10.9. The molecule has 0 bridgehead atoms. The molecular weight excluding hydrogens is 412 g/mol. The summed E-state index contributed by atoms with van der Waals surface area (Å²) in [6, 6.07) is 15.1. The van der Waals surface area contributed by atoms with Gasteiger partial charge in [-0.1, -0.05) is 35.9 Å². The van der Waals surface area contributed by atoms with Gasteiger partial charge in [-0.15, -0.1) is 11.3 Å². The van der Waals surface area contributed by atoms with Crippen LogP contribution in [0.4, 0.5) is 0 Å². The normalized spacial score (nSPS) is 11.3. The zero-order chi connectivity index (χ0) is 22.2. The van der Waals surface area contributed by atoms with Crippen molar-refractivity contribution in [2.24, 2.45) is 5.92 Å². The number of methoxy groups -OCH3 is 1. The lowest BCUT2D eigenvalue weighted by molar-refractivity contribution is 0.104. The van der Waals surface area contributed by atoms with Gasteiger partial charge in [0.2, 0.25) is 0 Å². The van der Waals surface area contributed by atoms with E-state index in [0.717, 1.165) is 21.6 Å². The average Bonchev–Trinajstić information content (AvgIpc) is 3.33. The van der Waals surface area contributed by atoms with E-state index in [4.69, 9.17) is 9.47 Å². The third-order valence-corrected chi connectivity index (χ3v) is 5.76. The van der Waals surface area contributed by atoms with E-state index < -0.39 is 0 Å². The molecule has 3 rings (SSSR count). The first-order valence-electron chi connectivity index (χ1n) is 9.95. The van der Waals surface area contributed by atoms with E-state index in [2.05, 4.69) is 0 Å². The summed E-state index contributed by atoms with van der Waals surface area (Å²) >= 11 is 1.57. The predicted molar refractivity (Wildman–Crippen MR) is 124 cm³/mol. The van der Waals surface area contributed by atoms with Gasteiger partial charge < -0.3 is 19.7 Å². The molecule has 5 nitrogen and oxygen atoms in total. The molecule has 2 N–H and O–H groups in total. The second-order valence-corrected chi connectivity index (χ2v) is 8.12. The molecule has 0 unspecified atom stereocenters. The van der Waals surface area contributed by atoms with E-state index in [1.165, 1.54) is 6.08 Å². The number of ketones is 1. The van der Waals surface area contributed by atoms with Gasteiger partial charge in [-0.05, 0) is 36.6 Å². The van der Waals surface area contributed by atoms with Crippen LogP contribution in [0.15, 0.2) is 60.0 Å². The van der Waals surface area contributed by atoms with Crippen molar-refractivity contribution >= 4 is 23.2 Å². The molecule has 0 saturated heterocycles. The summed E-state index contributed by atoms with van der Waals surface area (Å²) in [5, 5.41) is 20.6. The van der Waals surface area contributed by atoms with Crippen molar-refractivity contribution in [3.8, 4) is 21.9 Å². The van der Waals surface area contributed by atoms with Gasteiger partial charge in [0, 0.05) is 33.6 Å². The van der Waals surface area contributed by atoms with Crippen LogP contribution in [0.25, 0.3) is 16.5 Å². The summed E-state index contributed by atoms with van der Waals surface area (Å²) in [7, 11) is 1.56. The SMILES string of the molecule is COc1cc(OCC(CO)CO)c(-c2cccs2)cc1/C=C/C(=O)c1ccc(C)cc1. The van der Waals surface area contributed by atoms with Crippen LogP contribution in [-0.2, 0) is 0 Å². The fraction of sp³-hybridized carbons (Fsp3) is 0.240. The van der Waals surface area contributed by atoms with Crippen molar-refractivity contribution in [3.05, 3.63) is 76.7 Å². The van der Waals surface area contributed by atoms with E-state index in [1.54, 1.807) is 30.6 Å². The highest BCUT2D eigenvalue weighted by molar-refractivity contribution is 7.13. The van der Waals surface area contributed by atoms with Crippen molar-refractivity contribution < 1.29 is 24.5 Å². The first-order valence-corrected chi connectivity index (χ1v) is 10.8. The fourth-order valence-electron chi connectivity index (χ4n) is 2.98. The van der Waals surface area contributed by atoms with Crippen molar-refractivity contribution in [1.29, 1.82) is 0 Å². The van der Waals surface area contributed by atoms with E-state index >= 15 is 0 Å². The zero-order valence-corrected chi connectivity index (χ0v) is 18.4. The van der Waals surface area contributed by atoms with Crippen LogP contribution in [0.2, 0.25) is 0 Å².